The summed E-state index contributed by atoms with van der Waals surface area (Å²) in [4.78, 5) is 14.0. The Morgan fingerprint density at radius 1 is 1.42 bits per heavy atom. The first-order valence-electron chi connectivity index (χ1n) is 5.55. The van der Waals surface area contributed by atoms with Crippen LogP contribution in [0.25, 0.3) is 0 Å². The minimum absolute atomic E-state index is 0.122. The predicted octanol–water partition coefficient (Wildman–Crippen LogP) is 3.32. The van der Waals surface area contributed by atoms with Gasteiger partial charge in [0, 0.05) is 23.3 Å². The van der Waals surface area contributed by atoms with Gasteiger partial charge in [-0.3, -0.25) is 0 Å². The molecule has 0 bridgehead atoms. The monoisotopic (exact) mass is 296 g/mol. The Morgan fingerprint density at radius 3 is 2.68 bits per heavy atom. The standard InChI is InChI=1S/C13H13ClN2O2S/c1-16(7-9-3-5-12(14)19-9)8-2-4-10(13(17)18)11(15)6-8/h2-6H,7,15H2,1H3,(H,17,18). The zero-order valence-electron chi connectivity index (χ0n) is 10.3. The summed E-state index contributed by atoms with van der Waals surface area (Å²) in [5.74, 6) is -1.02. The van der Waals surface area contributed by atoms with Gasteiger partial charge < -0.3 is 15.7 Å². The van der Waals surface area contributed by atoms with E-state index >= 15 is 0 Å². The maximum atomic E-state index is 10.9. The molecular weight excluding hydrogens is 284 g/mol. The van der Waals surface area contributed by atoms with E-state index in [1.807, 2.05) is 24.1 Å². The van der Waals surface area contributed by atoms with Gasteiger partial charge in [-0.2, -0.15) is 0 Å². The van der Waals surface area contributed by atoms with Crippen molar-refractivity contribution in [1.29, 1.82) is 0 Å². The largest absolute Gasteiger partial charge is 0.478 e. The minimum atomic E-state index is -1.02. The molecule has 0 spiro atoms. The van der Waals surface area contributed by atoms with E-state index < -0.39 is 5.97 Å². The molecular formula is C13H13ClN2O2S. The molecule has 19 heavy (non-hydrogen) atoms. The van der Waals surface area contributed by atoms with Crippen LogP contribution in [0.15, 0.2) is 30.3 Å². The molecule has 2 rings (SSSR count). The second kappa shape index (κ2) is 5.50. The van der Waals surface area contributed by atoms with Crippen molar-refractivity contribution in [3.05, 3.63) is 45.1 Å². The summed E-state index contributed by atoms with van der Waals surface area (Å²) >= 11 is 7.41. The summed E-state index contributed by atoms with van der Waals surface area (Å²) < 4.78 is 0.754. The lowest BCUT2D eigenvalue weighted by Crippen LogP contribution is -2.16. The van der Waals surface area contributed by atoms with Crippen molar-refractivity contribution in [1.82, 2.24) is 0 Å². The molecule has 0 saturated heterocycles. The fourth-order valence-corrected chi connectivity index (χ4v) is 2.89. The molecule has 1 aromatic heterocycles. The Morgan fingerprint density at radius 2 is 2.16 bits per heavy atom. The Hall–Kier alpha value is -1.72. The van der Waals surface area contributed by atoms with Crippen molar-refractivity contribution in [2.24, 2.45) is 0 Å². The number of carboxylic acids is 1. The number of carboxylic acid groups (broad SMARTS) is 1. The first kappa shape index (κ1) is 13.7. The molecule has 1 heterocycles. The quantitative estimate of drug-likeness (QED) is 0.849. The molecule has 6 heteroatoms. The number of anilines is 2. The number of aromatic carboxylic acids is 1. The van der Waals surface area contributed by atoms with Gasteiger partial charge in [-0.15, -0.1) is 11.3 Å². The number of nitrogen functional groups attached to an aromatic ring is 1. The summed E-state index contributed by atoms with van der Waals surface area (Å²) in [5, 5.41) is 8.93. The molecule has 0 aliphatic rings. The Bertz CT molecular complexity index is 612. The van der Waals surface area contributed by atoms with Crippen molar-refractivity contribution < 1.29 is 9.90 Å². The third-order valence-corrected chi connectivity index (χ3v) is 3.94. The van der Waals surface area contributed by atoms with E-state index in [9.17, 15) is 4.79 Å². The molecule has 0 aliphatic carbocycles. The van der Waals surface area contributed by atoms with Gasteiger partial charge in [-0.25, -0.2) is 4.79 Å². The van der Waals surface area contributed by atoms with Crippen LogP contribution in [0.2, 0.25) is 4.34 Å². The number of thiophene rings is 1. The van der Waals surface area contributed by atoms with Crippen LogP contribution in [0.5, 0.6) is 0 Å². The van der Waals surface area contributed by atoms with E-state index in [0.29, 0.717) is 6.54 Å². The van der Waals surface area contributed by atoms with Crippen molar-refractivity contribution in [2.75, 3.05) is 17.7 Å². The van der Waals surface area contributed by atoms with Crippen LogP contribution in [0, 0.1) is 0 Å². The number of benzene rings is 1. The third-order valence-electron chi connectivity index (χ3n) is 2.73. The summed E-state index contributed by atoms with van der Waals surface area (Å²) in [5.41, 5.74) is 6.99. The van der Waals surface area contributed by atoms with Crippen LogP contribution in [-0.4, -0.2) is 18.1 Å². The van der Waals surface area contributed by atoms with E-state index in [2.05, 4.69) is 0 Å². The lowest BCUT2D eigenvalue weighted by atomic mass is 10.1. The van der Waals surface area contributed by atoms with Gasteiger partial charge in [0.15, 0.2) is 0 Å². The highest BCUT2D eigenvalue weighted by molar-refractivity contribution is 7.16. The average molecular weight is 297 g/mol. The summed E-state index contributed by atoms with van der Waals surface area (Å²) in [7, 11) is 1.92. The van der Waals surface area contributed by atoms with Crippen LogP contribution < -0.4 is 10.6 Å². The second-order valence-corrected chi connectivity index (χ2v) is 5.94. The van der Waals surface area contributed by atoms with Crippen molar-refractivity contribution >= 4 is 40.3 Å². The van der Waals surface area contributed by atoms with Crippen molar-refractivity contribution in [3.8, 4) is 0 Å². The number of rotatable bonds is 4. The number of hydrogen-bond acceptors (Lipinski definition) is 4. The summed E-state index contributed by atoms with van der Waals surface area (Å²) in [6.07, 6.45) is 0. The van der Waals surface area contributed by atoms with Crippen LogP contribution in [0.3, 0.4) is 0 Å². The van der Waals surface area contributed by atoms with Crippen LogP contribution in [-0.2, 0) is 6.54 Å². The van der Waals surface area contributed by atoms with Gasteiger partial charge in [0.2, 0.25) is 0 Å². The van der Waals surface area contributed by atoms with E-state index in [1.165, 1.54) is 17.4 Å². The highest BCUT2D eigenvalue weighted by Gasteiger charge is 2.10. The van der Waals surface area contributed by atoms with Crippen molar-refractivity contribution in [3.63, 3.8) is 0 Å². The molecule has 100 valence electrons. The normalized spacial score (nSPS) is 10.4. The smallest absolute Gasteiger partial charge is 0.337 e. The molecule has 3 N–H and O–H groups in total. The van der Waals surface area contributed by atoms with Crippen LogP contribution in [0.4, 0.5) is 11.4 Å². The minimum Gasteiger partial charge on any atom is -0.478 e. The highest BCUT2D eigenvalue weighted by Crippen LogP contribution is 2.26. The predicted molar refractivity (Wildman–Crippen MR) is 79.2 cm³/mol. The molecule has 0 atom stereocenters. The van der Waals surface area contributed by atoms with Crippen LogP contribution in [0.1, 0.15) is 15.2 Å². The first-order valence-corrected chi connectivity index (χ1v) is 6.75. The fourth-order valence-electron chi connectivity index (χ4n) is 1.74. The number of nitrogens with zero attached hydrogens (tertiary/aromatic N) is 1. The number of halogens is 1. The zero-order valence-corrected chi connectivity index (χ0v) is 11.8. The Kier molecular flexibility index (Phi) is 3.97. The lowest BCUT2D eigenvalue weighted by Gasteiger charge is -2.19. The molecule has 0 aliphatic heterocycles. The Balaban J connectivity index is 2.17. The van der Waals surface area contributed by atoms with Gasteiger partial charge in [0.1, 0.15) is 0 Å². The number of carbonyl (C=O) groups is 1. The molecule has 2 aromatic rings. The van der Waals surface area contributed by atoms with Crippen molar-refractivity contribution in [2.45, 2.75) is 6.54 Å². The summed E-state index contributed by atoms with van der Waals surface area (Å²) in [6.45, 7) is 0.698. The summed E-state index contributed by atoms with van der Waals surface area (Å²) in [6, 6.07) is 8.76. The van der Waals surface area contributed by atoms with Crippen LogP contribution >= 0.6 is 22.9 Å². The topological polar surface area (TPSA) is 66.6 Å². The van der Waals surface area contributed by atoms with Gasteiger partial charge in [-0.1, -0.05) is 11.6 Å². The van der Waals surface area contributed by atoms with E-state index in [-0.39, 0.29) is 11.3 Å². The number of nitrogens with two attached hydrogens (primary N) is 1. The molecule has 1 aromatic carbocycles. The molecule has 0 amide bonds. The van der Waals surface area contributed by atoms with Gasteiger partial charge in [0.05, 0.1) is 16.4 Å². The lowest BCUT2D eigenvalue weighted by molar-refractivity contribution is 0.0698. The van der Waals surface area contributed by atoms with E-state index in [4.69, 9.17) is 22.4 Å². The molecule has 0 radical (unpaired) electrons. The van der Waals surface area contributed by atoms with Gasteiger partial charge >= 0.3 is 5.97 Å². The third kappa shape index (κ3) is 3.19. The highest BCUT2D eigenvalue weighted by atomic mass is 35.5. The molecule has 4 nitrogen and oxygen atoms in total. The first-order chi connectivity index (χ1) is 8.97. The maximum absolute atomic E-state index is 10.9. The fraction of sp³-hybridized carbons (Fsp3) is 0.154. The molecule has 0 saturated carbocycles. The SMILES string of the molecule is CN(Cc1ccc(Cl)s1)c1ccc(C(=O)O)c(N)c1. The average Bonchev–Trinajstić information content (AvgIpc) is 2.74. The maximum Gasteiger partial charge on any atom is 0.337 e. The van der Waals surface area contributed by atoms with E-state index in [1.54, 1.807) is 12.1 Å². The number of hydrogen-bond donors (Lipinski definition) is 2. The molecule has 0 unspecified atom stereocenters. The molecule has 0 fully saturated rings. The van der Waals surface area contributed by atoms with Gasteiger partial charge in [-0.05, 0) is 30.3 Å². The van der Waals surface area contributed by atoms with E-state index in [0.717, 1.165) is 14.9 Å². The zero-order chi connectivity index (χ0) is 14.0. The second-order valence-electron chi connectivity index (χ2n) is 4.14. The Labute approximate surface area is 120 Å². The van der Waals surface area contributed by atoms with Gasteiger partial charge in [0.25, 0.3) is 0 Å².